The minimum atomic E-state index is -0.113. The highest BCUT2D eigenvalue weighted by molar-refractivity contribution is 5.92. The maximum Gasteiger partial charge on any atom is 0.272 e. The minimum Gasteiger partial charge on any atom is -0.489 e. The molecule has 148 valence electrons. The summed E-state index contributed by atoms with van der Waals surface area (Å²) in [6, 6.07) is 11.3. The van der Waals surface area contributed by atoms with Crippen LogP contribution in [0.2, 0.25) is 0 Å². The second kappa shape index (κ2) is 8.73. The lowest BCUT2D eigenvalue weighted by Crippen LogP contribution is -2.50. The summed E-state index contributed by atoms with van der Waals surface area (Å²) in [5.41, 5.74) is 2.02. The molecule has 7 nitrogen and oxygen atoms in total. The maximum absolute atomic E-state index is 12.6. The van der Waals surface area contributed by atoms with E-state index in [1.807, 2.05) is 44.2 Å². The van der Waals surface area contributed by atoms with Gasteiger partial charge >= 0.3 is 0 Å². The predicted octanol–water partition coefficient (Wildman–Crippen LogP) is 2.92. The fourth-order valence-corrected chi connectivity index (χ4v) is 3.06. The van der Waals surface area contributed by atoms with Gasteiger partial charge in [-0.15, -0.1) is 0 Å². The smallest absolute Gasteiger partial charge is 0.272 e. The Morgan fingerprint density at radius 3 is 2.32 bits per heavy atom. The summed E-state index contributed by atoms with van der Waals surface area (Å²) in [4.78, 5) is 31.9. The normalized spacial score (nSPS) is 14.1. The van der Waals surface area contributed by atoms with E-state index >= 15 is 0 Å². The average molecular weight is 382 g/mol. The summed E-state index contributed by atoms with van der Waals surface area (Å²) >= 11 is 0. The fourth-order valence-electron chi connectivity index (χ4n) is 3.06. The number of pyridine rings is 1. The van der Waals surface area contributed by atoms with E-state index in [2.05, 4.69) is 10.3 Å². The van der Waals surface area contributed by atoms with E-state index in [0.29, 0.717) is 31.9 Å². The number of aromatic nitrogens is 1. The molecule has 1 fully saturated rings. The number of ether oxygens (including phenoxy) is 1. The quantitative estimate of drug-likeness (QED) is 0.861. The van der Waals surface area contributed by atoms with Crippen LogP contribution in [0.25, 0.3) is 0 Å². The van der Waals surface area contributed by atoms with Crippen molar-refractivity contribution in [1.82, 2.24) is 14.8 Å². The molecule has 2 amide bonds. The summed E-state index contributed by atoms with van der Waals surface area (Å²) < 4.78 is 5.81. The third-order valence-corrected chi connectivity index (χ3v) is 4.52. The van der Waals surface area contributed by atoms with Gasteiger partial charge in [0.05, 0.1) is 23.7 Å². The number of nitrogens with one attached hydrogen (secondary N) is 1. The van der Waals surface area contributed by atoms with Crippen molar-refractivity contribution < 1.29 is 14.3 Å². The average Bonchev–Trinajstić information content (AvgIpc) is 2.69. The van der Waals surface area contributed by atoms with Crippen LogP contribution in [0.1, 0.15) is 31.3 Å². The summed E-state index contributed by atoms with van der Waals surface area (Å²) in [7, 11) is 0. The second-order valence-electron chi connectivity index (χ2n) is 7.02. The molecule has 3 rings (SSSR count). The topological polar surface area (TPSA) is 74.8 Å². The van der Waals surface area contributed by atoms with E-state index in [1.54, 1.807) is 29.0 Å². The molecule has 0 unspecified atom stereocenters. The van der Waals surface area contributed by atoms with Crippen molar-refractivity contribution in [2.45, 2.75) is 26.9 Å². The molecule has 0 bridgehead atoms. The Labute approximate surface area is 165 Å². The van der Waals surface area contributed by atoms with Crippen LogP contribution in [0, 0.1) is 0 Å². The Bertz CT molecular complexity index is 828. The van der Waals surface area contributed by atoms with Crippen molar-refractivity contribution in [2.75, 3.05) is 31.5 Å². The van der Waals surface area contributed by atoms with Crippen LogP contribution >= 0.6 is 0 Å². The van der Waals surface area contributed by atoms with Crippen LogP contribution in [0.15, 0.2) is 42.6 Å². The van der Waals surface area contributed by atoms with Crippen LogP contribution < -0.4 is 10.1 Å². The number of rotatable bonds is 5. The molecule has 1 aromatic carbocycles. The number of hydrogen-bond acceptors (Lipinski definition) is 5. The van der Waals surface area contributed by atoms with Gasteiger partial charge in [0.15, 0.2) is 0 Å². The van der Waals surface area contributed by atoms with Crippen molar-refractivity contribution in [3.8, 4) is 5.75 Å². The zero-order chi connectivity index (χ0) is 20.1. The maximum atomic E-state index is 12.6. The van der Waals surface area contributed by atoms with Crippen molar-refractivity contribution >= 4 is 23.2 Å². The third-order valence-electron chi connectivity index (χ3n) is 4.52. The van der Waals surface area contributed by atoms with Crippen LogP contribution in [0.5, 0.6) is 5.75 Å². The van der Waals surface area contributed by atoms with Crippen molar-refractivity contribution in [3.63, 3.8) is 0 Å². The Hall–Kier alpha value is -3.09. The lowest BCUT2D eigenvalue weighted by molar-refractivity contribution is -0.130. The molecule has 2 aromatic rings. The summed E-state index contributed by atoms with van der Waals surface area (Å²) in [6.07, 6.45) is 1.72. The van der Waals surface area contributed by atoms with Crippen LogP contribution in [-0.2, 0) is 4.79 Å². The molecule has 0 aliphatic carbocycles. The monoisotopic (exact) mass is 382 g/mol. The highest BCUT2D eigenvalue weighted by Gasteiger charge is 2.23. The molecule has 1 N–H and O–H groups in total. The number of para-hydroxylation sites is 2. The molecular formula is C21H26N4O3. The lowest BCUT2D eigenvalue weighted by atomic mass is 10.2. The molecule has 7 heteroatoms. The Kier molecular flexibility index (Phi) is 6.13. The fraction of sp³-hybridized carbons (Fsp3) is 0.381. The molecule has 2 heterocycles. The lowest BCUT2D eigenvalue weighted by Gasteiger charge is -2.34. The first-order valence-corrected chi connectivity index (χ1v) is 9.47. The standard InChI is InChI=1S/C21H26N4O3/c1-15(2)28-20-7-5-4-6-18(20)23-17-8-9-19(22-14-17)21(27)25-12-10-24(11-13-25)16(3)26/h4-9,14-15,23H,10-13H2,1-3H3. The van der Waals surface area contributed by atoms with Crippen molar-refractivity contribution in [2.24, 2.45) is 0 Å². The van der Waals surface area contributed by atoms with Gasteiger partial charge in [-0.3, -0.25) is 9.59 Å². The molecule has 1 saturated heterocycles. The van der Waals surface area contributed by atoms with Crippen molar-refractivity contribution in [3.05, 3.63) is 48.3 Å². The van der Waals surface area contributed by atoms with Crippen LogP contribution in [0.4, 0.5) is 11.4 Å². The Morgan fingerprint density at radius 2 is 1.71 bits per heavy atom. The molecule has 28 heavy (non-hydrogen) atoms. The number of carbonyl (C=O) groups is 2. The Morgan fingerprint density at radius 1 is 1.04 bits per heavy atom. The molecular weight excluding hydrogens is 356 g/mol. The molecule has 1 aromatic heterocycles. The summed E-state index contributed by atoms with van der Waals surface area (Å²) in [5, 5.41) is 3.29. The number of piperazine rings is 1. The van der Waals surface area contributed by atoms with Crippen molar-refractivity contribution in [1.29, 1.82) is 0 Å². The highest BCUT2D eigenvalue weighted by atomic mass is 16.5. The van der Waals surface area contributed by atoms with Gasteiger partial charge < -0.3 is 19.9 Å². The van der Waals surface area contributed by atoms with E-state index in [-0.39, 0.29) is 17.9 Å². The number of benzene rings is 1. The van der Waals surface area contributed by atoms with Gasteiger partial charge in [0.25, 0.3) is 5.91 Å². The number of carbonyl (C=O) groups excluding carboxylic acids is 2. The number of anilines is 2. The summed E-state index contributed by atoms with van der Waals surface area (Å²) in [6.45, 7) is 7.69. The molecule has 0 spiro atoms. The van der Waals surface area contributed by atoms with Crippen LogP contribution in [0.3, 0.4) is 0 Å². The number of hydrogen-bond donors (Lipinski definition) is 1. The first kappa shape index (κ1) is 19.7. The first-order chi connectivity index (χ1) is 13.4. The largest absolute Gasteiger partial charge is 0.489 e. The Balaban J connectivity index is 1.64. The zero-order valence-corrected chi connectivity index (χ0v) is 16.5. The molecule has 1 aliphatic heterocycles. The molecule has 1 aliphatic rings. The van der Waals surface area contributed by atoms with E-state index in [0.717, 1.165) is 17.1 Å². The van der Waals surface area contributed by atoms with Gasteiger partial charge in [-0.25, -0.2) is 4.98 Å². The first-order valence-electron chi connectivity index (χ1n) is 9.47. The van der Waals surface area contributed by atoms with Gasteiger partial charge in [0.1, 0.15) is 11.4 Å². The minimum absolute atomic E-state index is 0.0439. The van der Waals surface area contributed by atoms with Crippen LogP contribution in [-0.4, -0.2) is 58.9 Å². The van der Waals surface area contributed by atoms with Gasteiger partial charge in [-0.2, -0.15) is 0 Å². The summed E-state index contributed by atoms with van der Waals surface area (Å²) in [5.74, 6) is 0.696. The molecule has 0 atom stereocenters. The third kappa shape index (κ3) is 4.79. The van der Waals surface area contributed by atoms with Gasteiger partial charge in [0, 0.05) is 33.1 Å². The van der Waals surface area contributed by atoms with Gasteiger partial charge in [-0.05, 0) is 38.1 Å². The van der Waals surface area contributed by atoms with E-state index in [4.69, 9.17) is 4.74 Å². The van der Waals surface area contributed by atoms with E-state index in [1.165, 1.54) is 0 Å². The van der Waals surface area contributed by atoms with Gasteiger partial charge in [0.2, 0.25) is 5.91 Å². The van der Waals surface area contributed by atoms with E-state index < -0.39 is 0 Å². The predicted molar refractivity (Wildman–Crippen MR) is 108 cm³/mol. The molecule has 0 radical (unpaired) electrons. The molecule has 0 saturated carbocycles. The zero-order valence-electron chi connectivity index (χ0n) is 16.5. The number of amides is 2. The number of nitrogens with zero attached hydrogens (tertiary/aromatic N) is 3. The second-order valence-corrected chi connectivity index (χ2v) is 7.02. The highest BCUT2D eigenvalue weighted by Crippen LogP contribution is 2.28. The van der Waals surface area contributed by atoms with E-state index in [9.17, 15) is 9.59 Å². The van der Waals surface area contributed by atoms with Gasteiger partial charge in [-0.1, -0.05) is 12.1 Å². The SMILES string of the molecule is CC(=O)N1CCN(C(=O)c2ccc(Nc3ccccc3OC(C)C)cn2)CC1.